The Morgan fingerprint density at radius 2 is 1.91 bits per heavy atom. The van der Waals surface area contributed by atoms with E-state index in [1.165, 1.54) is 11.8 Å². The van der Waals surface area contributed by atoms with E-state index in [1.54, 1.807) is 23.5 Å². The lowest BCUT2D eigenvalue weighted by Crippen LogP contribution is -2.35. The molecule has 1 amide bonds. The van der Waals surface area contributed by atoms with Crippen LogP contribution < -0.4 is 10.5 Å². The lowest BCUT2D eigenvalue weighted by molar-refractivity contribution is -0.122. The summed E-state index contributed by atoms with van der Waals surface area (Å²) in [5.74, 6) is 0.672. The molecule has 0 aliphatic carbocycles. The van der Waals surface area contributed by atoms with Gasteiger partial charge in [0.25, 0.3) is 11.5 Å². The Hall–Kier alpha value is -2.15. The van der Waals surface area contributed by atoms with Crippen LogP contribution >= 0.6 is 24.0 Å². The smallest absolute Gasteiger partial charge is 0.270 e. The lowest BCUT2D eigenvalue weighted by Gasteiger charge is -2.29. The number of thiocarbonyl (C=S) groups is 1. The second-order valence-corrected chi connectivity index (χ2v) is 9.66. The standard InChI is InChI=1S/C23H30N4O3S2/c1-4-26-20(25-10-7-5-6-8-11-25)17(16(2)18(15-24)21(26)28)14-19-22(29)27(23(31)32-19)12-9-13-30-3/h14H,4-13H2,1-3H3/b19-14+. The van der Waals surface area contributed by atoms with Gasteiger partial charge in [-0.25, -0.2) is 0 Å². The topological polar surface area (TPSA) is 78.6 Å². The Bertz CT molecular complexity index is 1020. The van der Waals surface area contributed by atoms with E-state index in [9.17, 15) is 14.9 Å². The SMILES string of the molecule is CCn1c(N2CCCCCC2)c(/C=C2/SC(=S)N(CCCOC)C2=O)c(C)c(C#N)c1=O. The van der Waals surface area contributed by atoms with E-state index in [4.69, 9.17) is 17.0 Å². The van der Waals surface area contributed by atoms with Crippen LogP contribution in [0.4, 0.5) is 5.82 Å². The van der Waals surface area contributed by atoms with Crippen LogP contribution in [0.2, 0.25) is 0 Å². The van der Waals surface area contributed by atoms with Crippen molar-refractivity contribution in [2.75, 3.05) is 38.3 Å². The first kappa shape index (κ1) is 24.5. The summed E-state index contributed by atoms with van der Waals surface area (Å²) in [7, 11) is 1.63. The third kappa shape index (κ3) is 4.92. The number of carbonyl (C=O) groups excluding carboxylic acids is 1. The predicted octanol–water partition coefficient (Wildman–Crippen LogP) is 3.67. The molecule has 0 atom stereocenters. The second-order valence-electron chi connectivity index (χ2n) is 7.98. The highest BCUT2D eigenvalue weighted by atomic mass is 32.2. The van der Waals surface area contributed by atoms with Gasteiger partial charge in [-0.1, -0.05) is 36.8 Å². The summed E-state index contributed by atoms with van der Waals surface area (Å²) in [6, 6.07) is 2.09. The number of thioether (sulfide) groups is 1. The minimum absolute atomic E-state index is 0.132. The fraction of sp³-hybridized carbons (Fsp3) is 0.565. The average molecular weight is 475 g/mol. The Kier molecular flexibility index (Phi) is 8.51. The Labute approximate surface area is 199 Å². The van der Waals surface area contributed by atoms with Crippen LogP contribution in [-0.4, -0.2) is 53.0 Å². The number of nitrogens with zero attached hydrogens (tertiary/aromatic N) is 4. The fourth-order valence-electron chi connectivity index (χ4n) is 4.25. The summed E-state index contributed by atoms with van der Waals surface area (Å²) < 4.78 is 7.30. The quantitative estimate of drug-likeness (QED) is 0.339. The van der Waals surface area contributed by atoms with Crippen molar-refractivity contribution < 1.29 is 9.53 Å². The molecule has 0 aromatic carbocycles. The highest BCUT2D eigenvalue weighted by Gasteiger charge is 2.33. The van der Waals surface area contributed by atoms with Crippen LogP contribution in [0.15, 0.2) is 9.70 Å². The monoisotopic (exact) mass is 474 g/mol. The van der Waals surface area contributed by atoms with Gasteiger partial charge in [0, 0.05) is 45.5 Å². The predicted molar refractivity (Wildman–Crippen MR) is 133 cm³/mol. The molecule has 0 unspecified atom stereocenters. The van der Waals surface area contributed by atoms with Crippen LogP contribution in [0.5, 0.6) is 0 Å². The van der Waals surface area contributed by atoms with Gasteiger partial charge in [0.1, 0.15) is 21.8 Å². The number of hydrogen-bond donors (Lipinski definition) is 0. The molecule has 32 heavy (non-hydrogen) atoms. The minimum atomic E-state index is -0.268. The van der Waals surface area contributed by atoms with Crippen LogP contribution in [0.3, 0.4) is 0 Å². The van der Waals surface area contributed by atoms with Crippen LogP contribution in [0.1, 0.15) is 55.7 Å². The number of hydrogen-bond acceptors (Lipinski definition) is 7. The maximum Gasteiger partial charge on any atom is 0.270 e. The molecule has 0 bridgehead atoms. The zero-order valence-electron chi connectivity index (χ0n) is 19.0. The molecule has 2 aliphatic rings. The van der Waals surface area contributed by atoms with Crippen molar-refractivity contribution in [2.45, 2.75) is 52.5 Å². The Morgan fingerprint density at radius 3 is 2.50 bits per heavy atom. The third-order valence-electron chi connectivity index (χ3n) is 5.95. The van der Waals surface area contributed by atoms with Gasteiger partial charge in [0.15, 0.2) is 0 Å². The summed E-state index contributed by atoms with van der Waals surface area (Å²) in [6.45, 7) is 6.93. The molecule has 0 spiro atoms. The van der Waals surface area contributed by atoms with Crippen molar-refractivity contribution >= 4 is 46.1 Å². The molecule has 9 heteroatoms. The van der Waals surface area contributed by atoms with E-state index < -0.39 is 0 Å². The van der Waals surface area contributed by atoms with Gasteiger partial charge in [0.05, 0.1) is 4.91 Å². The molecular formula is C23H30N4O3S2. The lowest BCUT2D eigenvalue weighted by atomic mass is 10.0. The molecule has 3 heterocycles. The maximum absolute atomic E-state index is 13.1. The summed E-state index contributed by atoms with van der Waals surface area (Å²) >= 11 is 6.73. The van der Waals surface area contributed by atoms with Gasteiger partial charge in [-0.3, -0.25) is 19.1 Å². The first-order valence-corrected chi connectivity index (χ1v) is 12.3. The molecule has 1 aromatic rings. The van der Waals surface area contributed by atoms with Gasteiger partial charge in [0.2, 0.25) is 0 Å². The number of anilines is 1. The van der Waals surface area contributed by atoms with Crippen molar-refractivity contribution in [3.8, 4) is 6.07 Å². The summed E-state index contributed by atoms with van der Waals surface area (Å²) in [4.78, 5) is 30.6. The number of carbonyl (C=O) groups is 1. The van der Waals surface area contributed by atoms with Crippen molar-refractivity contribution in [2.24, 2.45) is 0 Å². The number of amides is 1. The van der Waals surface area contributed by atoms with Gasteiger partial charge in [-0.15, -0.1) is 0 Å². The molecule has 2 fully saturated rings. The number of nitriles is 1. The Morgan fingerprint density at radius 1 is 1.22 bits per heavy atom. The summed E-state index contributed by atoms with van der Waals surface area (Å²) in [6.07, 6.45) is 6.97. The first-order valence-electron chi connectivity index (χ1n) is 11.1. The van der Waals surface area contributed by atoms with Gasteiger partial charge >= 0.3 is 0 Å². The highest BCUT2D eigenvalue weighted by Crippen LogP contribution is 2.36. The largest absolute Gasteiger partial charge is 0.385 e. The van der Waals surface area contributed by atoms with Crippen LogP contribution in [0.25, 0.3) is 6.08 Å². The number of rotatable bonds is 7. The average Bonchev–Trinajstić information content (AvgIpc) is 2.95. The first-order chi connectivity index (χ1) is 15.4. The molecule has 0 radical (unpaired) electrons. The summed E-state index contributed by atoms with van der Waals surface area (Å²) in [5, 5.41) is 9.70. The number of pyridine rings is 1. The van der Waals surface area contributed by atoms with Crippen molar-refractivity contribution in [3.05, 3.63) is 31.9 Å². The zero-order valence-corrected chi connectivity index (χ0v) is 20.6. The normalized spacial score (nSPS) is 18.4. The minimum Gasteiger partial charge on any atom is -0.385 e. The van der Waals surface area contributed by atoms with Crippen LogP contribution in [0, 0.1) is 18.3 Å². The third-order valence-corrected chi connectivity index (χ3v) is 7.33. The number of ether oxygens (including phenoxy) is 1. The van der Waals surface area contributed by atoms with E-state index in [-0.39, 0.29) is 17.0 Å². The zero-order chi connectivity index (χ0) is 23.3. The fourth-order valence-corrected chi connectivity index (χ4v) is 5.54. The van der Waals surface area contributed by atoms with Crippen molar-refractivity contribution in [1.29, 1.82) is 5.26 Å². The van der Waals surface area contributed by atoms with Gasteiger partial charge in [-0.05, 0) is 44.7 Å². The van der Waals surface area contributed by atoms with E-state index in [1.807, 2.05) is 13.0 Å². The molecule has 172 valence electrons. The second kappa shape index (κ2) is 11.1. The van der Waals surface area contributed by atoms with E-state index >= 15 is 0 Å². The highest BCUT2D eigenvalue weighted by molar-refractivity contribution is 8.26. The molecule has 0 saturated carbocycles. The van der Waals surface area contributed by atoms with Crippen molar-refractivity contribution in [1.82, 2.24) is 9.47 Å². The molecule has 3 rings (SSSR count). The van der Waals surface area contributed by atoms with Gasteiger partial charge in [-0.2, -0.15) is 5.26 Å². The molecule has 1 aromatic heterocycles. The molecule has 2 aliphatic heterocycles. The van der Waals surface area contributed by atoms with E-state index in [0.29, 0.717) is 40.9 Å². The maximum atomic E-state index is 13.1. The summed E-state index contributed by atoms with van der Waals surface area (Å²) in [5.41, 5.74) is 1.25. The molecule has 0 N–H and O–H groups in total. The number of methoxy groups -OCH3 is 1. The van der Waals surface area contributed by atoms with E-state index in [0.717, 1.165) is 50.2 Å². The molecule has 7 nitrogen and oxygen atoms in total. The van der Waals surface area contributed by atoms with E-state index in [2.05, 4.69) is 11.0 Å². The Balaban J connectivity index is 2.12. The molecular weight excluding hydrogens is 444 g/mol. The van der Waals surface area contributed by atoms with Crippen molar-refractivity contribution in [3.63, 3.8) is 0 Å². The van der Waals surface area contributed by atoms with Gasteiger partial charge < -0.3 is 9.64 Å². The van der Waals surface area contributed by atoms with Crippen LogP contribution in [-0.2, 0) is 16.1 Å². The number of aromatic nitrogens is 1. The molecule has 2 saturated heterocycles.